The Hall–Kier alpha value is -4.87. The minimum absolute atomic E-state index is 0.0352. The van der Waals surface area contributed by atoms with E-state index in [1.165, 1.54) is 24.7 Å². The standard InChI is InChI=1S/C30H30N6O5/c1-30(2,39)27-26(29(37)38)36(17-31-27)16-20-4-9-22(10-5-20)25-15-21(8-13-24(25)28-32-34-35-33-28)14-19-6-11-23(12-7-19)41-18-40-3/h4-13,15,17,39H,14,16,18H2,1-3H3,(H,37,38)(H,32,33,34,35). The van der Waals surface area contributed by atoms with Gasteiger partial charge in [-0.3, -0.25) is 0 Å². The summed E-state index contributed by atoms with van der Waals surface area (Å²) in [5.74, 6) is 0.0835. The van der Waals surface area contributed by atoms with Crippen molar-refractivity contribution < 1.29 is 24.5 Å². The number of carboxylic acid groups (broad SMARTS) is 1. The fourth-order valence-corrected chi connectivity index (χ4v) is 4.64. The Labute approximate surface area is 236 Å². The quantitative estimate of drug-likeness (QED) is 0.203. The van der Waals surface area contributed by atoms with Gasteiger partial charge in [-0.1, -0.05) is 54.6 Å². The number of hydrogen-bond acceptors (Lipinski definition) is 8. The van der Waals surface area contributed by atoms with E-state index in [0.29, 0.717) is 12.2 Å². The Morgan fingerprint density at radius 3 is 2.32 bits per heavy atom. The van der Waals surface area contributed by atoms with Gasteiger partial charge in [-0.25, -0.2) is 9.78 Å². The van der Waals surface area contributed by atoms with Crippen LogP contribution in [0.1, 0.15) is 46.7 Å². The summed E-state index contributed by atoms with van der Waals surface area (Å²) in [6.45, 7) is 3.52. The van der Waals surface area contributed by atoms with Crippen molar-refractivity contribution in [1.82, 2.24) is 30.2 Å². The van der Waals surface area contributed by atoms with Crippen LogP contribution in [-0.2, 0) is 23.3 Å². The minimum atomic E-state index is -1.38. The number of aliphatic hydroxyl groups is 1. The number of carboxylic acids is 1. The summed E-state index contributed by atoms with van der Waals surface area (Å²) in [7, 11) is 1.58. The number of H-pyrrole nitrogens is 1. The van der Waals surface area contributed by atoms with Crippen molar-refractivity contribution in [3.8, 4) is 28.3 Å². The van der Waals surface area contributed by atoms with Crippen LogP contribution in [0, 0.1) is 0 Å². The third kappa shape index (κ3) is 6.32. The number of carbonyl (C=O) groups is 1. The van der Waals surface area contributed by atoms with Crippen LogP contribution in [0.3, 0.4) is 0 Å². The van der Waals surface area contributed by atoms with Crippen LogP contribution < -0.4 is 4.74 Å². The number of tetrazole rings is 1. The molecule has 210 valence electrons. The first-order valence-electron chi connectivity index (χ1n) is 12.9. The molecule has 2 aromatic heterocycles. The van der Waals surface area contributed by atoms with Crippen molar-refractivity contribution in [1.29, 1.82) is 0 Å². The molecule has 11 nitrogen and oxygen atoms in total. The lowest BCUT2D eigenvalue weighted by Crippen LogP contribution is -2.22. The molecule has 0 bridgehead atoms. The van der Waals surface area contributed by atoms with Crippen LogP contribution in [-0.4, -0.2) is 60.3 Å². The van der Waals surface area contributed by atoms with E-state index in [-0.39, 0.29) is 24.7 Å². The molecule has 0 aliphatic carbocycles. The molecule has 3 N–H and O–H groups in total. The van der Waals surface area contributed by atoms with Crippen molar-refractivity contribution in [2.75, 3.05) is 13.9 Å². The van der Waals surface area contributed by atoms with Crippen molar-refractivity contribution in [3.05, 3.63) is 101 Å². The Bertz CT molecular complexity index is 1620. The van der Waals surface area contributed by atoms with E-state index in [2.05, 4.69) is 31.7 Å². The van der Waals surface area contributed by atoms with Gasteiger partial charge in [0.1, 0.15) is 17.0 Å². The molecule has 0 amide bonds. The van der Waals surface area contributed by atoms with E-state index in [9.17, 15) is 15.0 Å². The second kappa shape index (κ2) is 11.7. The zero-order valence-electron chi connectivity index (χ0n) is 22.9. The van der Waals surface area contributed by atoms with E-state index in [1.807, 2.05) is 60.7 Å². The number of benzene rings is 3. The topological polar surface area (TPSA) is 148 Å². The number of aromatic amines is 1. The second-order valence-electron chi connectivity index (χ2n) is 10.1. The van der Waals surface area contributed by atoms with Gasteiger partial charge in [0, 0.05) is 19.2 Å². The summed E-state index contributed by atoms with van der Waals surface area (Å²) in [4.78, 5) is 16.1. The predicted octanol–water partition coefficient (Wildman–Crippen LogP) is 4.28. The van der Waals surface area contributed by atoms with Gasteiger partial charge in [0.25, 0.3) is 0 Å². The molecule has 0 atom stereocenters. The molecule has 0 spiro atoms. The van der Waals surface area contributed by atoms with Gasteiger partial charge in [0.2, 0.25) is 5.82 Å². The number of hydrogen-bond donors (Lipinski definition) is 3. The Morgan fingerprint density at radius 2 is 1.68 bits per heavy atom. The average Bonchev–Trinajstić information content (AvgIpc) is 3.64. The smallest absolute Gasteiger partial charge is 0.354 e. The normalized spacial score (nSPS) is 11.5. The first kappa shape index (κ1) is 27.7. The van der Waals surface area contributed by atoms with Crippen molar-refractivity contribution in [2.24, 2.45) is 0 Å². The third-order valence-corrected chi connectivity index (χ3v) is 6.58. The summed E-state index contributed by atoms with van der Waals surface area (Å²) in [5, 5.41) is 34.7. The molecule has 41 heavy (non-hydrogen) atoms. The highest BCUT2D eigenvalue weighted by Crippen LogP contribution is 2.32. The minimum Gasteiger partial charge on any atom is -0.477 e. The highest BCUT2D eigenvalue weighted by Gasteiger charge is 2.29. The van der Waals surface area contributed by atoms with E-state index in [1.54, 1.807) is 7.11 Å². The van der Waals surface area contributed by atoms with Crippen LogP contribution >= 0.6 is 0 Å². The van der Waals surface area contributed by atoms with E-state index in [4.69, 9.17) is 9.47 Å². The van der Waals surface area contributed by atoms with E-state index >= 15 is 0 Å². The average molecular weight is 555 g/mol. The maximum atomic E-state index is 11.9. The van der Waals surface area contributed by atoms with Gasteiger partial charge in [0.05, 0.1) is 6.33 Å². The lowest BCUT2D eigenvalue weighted by atomic mass is 9.94. The SMILES string of the molecule is COCOc1ccc(Cc2ccc(-c3nn[nH]n3)c(-c3ccc(Cn4cnc(C(C)(C)O)c4C(=O)O)cc3)c2)cc1. The fourth-order valence-electron chi connectivity index (χ4n) is 4.64. The number of ether oxygens (including phenoxy) is 2. The van der Waals surface area contributed by atoms with Gasteiger partial charge < -0.3 is 24.3 Å². The number of imidazole rings is 1. The van der Waals surface area contributed by atoms with Gasteiger partial charge in [0.15, 0.2) is 12.5 Å². The van der Waals surface area contributed by atoms with E-state index in [0.717, 1.165) is 39.1 Å². The summed E-state index contributed by atoms with van der Waals surface area (Å²) in [6, 6.07) is 21.9. The first-order chi connectivity index (χ1) is 19.7. The number of aromatic carboxylic acids is 1. The van der Waals surface area contributed by atoms with Crippen LogP contribution in [0.2, 0.25) is 0 Å². The van der Waals surface area contributed by atoms with Crippen LogP contribution in [0.15, 0.2) is 73.1 Å². The number of methoxy groups -OCH3 is 1. The molecule has 0 aliphatic rings. The highest BCUT2D eigenvalue weighted by atomic mass is 16.7. The van der Waals surface area contributed by atoms with Crippen LogP contribution in [0.4, 0.5) is 0 Å². The molecular weight excluding hydrogens is 524 g/mol. The van der Waals surface area contributed by atoms with Gasteiger partial charge in [-0.05, 0) is 65.4 Å². The second-order valence-corrected chi connectivity index (χ2v) is 10.1. The number of nitrogens with one attached hydrogen (secondary N) is 1. The molecule has 5 aromatic rings. The van der Waals surface area contributed by atoms with Crippen molar-refractivity contribution in [3.63, 3.8) is 0 Å². The Balaban J connectivity index is 1.42. The molecule has 0 fully saturated rings. The third-order valence-electron chi connectivity index (χ3n) is 6.58. The highest BCUT2D eigenvalue weighted by molar-refractivity contribution is 5.87. The lowest BCUT2D eigenvalue weighted by molar-refractivity contribution is 0.0511. The molecular formula is C30H30N6O5. The molecule has 11 heteroatoms. The largest absolute Gasteiger partial charge is 0.477 e. The number of nitrogens with zero attached hydrogens (tertiary/aromatic N) is 5. The number of rotatable bonds is 11. The van der Waals surface area contributed by atoms with Gasteiger partial charge in [-0.2, -0.15) is 5.21 Å². The molecule has 0 saturated carbocycles. The van der Waals surface area contributed by atoms with Gasteiger partial charge in [-0.15, -0.1) is 10.2 Å². The van der Waals surface area contributed by atoms with Crippen LogP contribution in [0.25, 0.3) is 22.5 Å². The summed E-state index contributed by atoms with van der Waals surface area (Å²) in [5.41, 5.74) is 4.54. The molecule has 3 aromatic carbocycles. The Kier molecular flexibility index (Phi) is 7.90. The molecule has 0 saturated heterocycles. The predicted molar refractivity (Wildman–Crippen MR) is 150 cm³/mol. The first-order valence-corrected chi connectivity index (χ1v) is 12.9. The maximum absolute atomic E-state index is 11.9. The Morgan fingerprint density at radius 1 is 0.976 bits per heavy atom. The van der Waals surface area contributed by atoms with Crippen molar-refractivity contribution >= 4 is 5.97 Å². The molecule has 0 radical (unpaired) electrons. The monoisotopic (exact) mass is 554 g/mol. The van der Waals surface area contributed by atoms with Crippen LogP contribution in [0.5, 0.6) is 5.75 Å². The number of aromatic nitrogens is 6. The summed E-state index contributed by atoms with van der Waals surface area (Å²) >= 11 is 0. The zero-order chi connectivity index (χ0) is 29.0. The van der Waals surface area contributed by atoms with Crippen molar-refractivity contribution in [2.45, 2.75) is 32.4 Å². The van der Waals surface area contributed by atoms with E-state index < -0.39 is 11.6 Å². The maximum Gasteiger partial charge on any atom is 0.354 e. The van der Waals surface area contributed by atoms with Gasteiger partial charge >= 0.3 is 5.97 Å². The molecule has 0 unspecified atom stereocenters. The molecule has 5 rings (SSSR count). The lowest BCUT2D eigenvalue weighted by Gasteiger charge is -2.16. The fraction of sp³-hybridized carbons (Fsp3) is 0.233. The summed E-state index contributed by atoms with van der Waals surface area (Å²) in [6.07, 6.45) is 2.16. The molecule has 0 aliphatic heterocycles. The summed E-state index contributed by atoms with van der Waals surface area (Å²) < 4.78 is 12.0. The zero-order valence-corrected chi connectivity index (χ0v) is 22.9. The molecule has 2 heterocycles.